The van der Waals surface area contributed by atoms with Gasteiger partial charge >= 0.3 is 0 Å². The molecule has 2 rings (SSSR count). The minimum Gasteiger partial charge on any atom is -0.506 e. The summed E-state index contributed by atoms with van der Waals surface area (Å²) in [5, 5.41) is 17.3. The van der Waals surface area contributed by atoms with Gasteiger partial charge in [0.05, 0.1) is 21.3 Å². The lowest BCUT2D eigenvalue weighted by atomic mass is 10.3. The number of halogens is 2. The number of rotatable bonds is 3. The van der Waals surface area contributed by atoms with E-state index in [4.69, 9.17) is 22.3 Å². The summed E-state index contributed by atoms with van der Waals surface area (Å²) in [6.07, 6.45) is 0. The van der Waals surface area contributed by atoms with Gasteiger partial charge in [0, 0.05) is 10.7 Å². The maximum atomic E-state index is 11.1. The molecule has 0 saturated heterocycles. The molecule has 0 aliphatic rings. The first-order valence-electron chi connectivity index (χ1n) is 5.31. The van der Waals surface area contributed by atoms with Crippen molar-refractivity contribution in [2.75, 3.05) is 0 Å². The third-order valence-electron chi connectivity index (χ3n) is 2.33. The minimum atomic E-state index is -3.74. The van der Waals surface area contributed by atoms with Crippen molar-refractivity contribution in [1.82, 2.24) is 0 Å². The molecule has 2 aromatic carbocycles. The monoisotopic (exact) mass is 330 g/mol. The molecule has 0 unspecified atom stereocenters. The molecule has 20 heavy (non-hydrogen) atoms. The van der Waals surface area contributed by atoms with E-state index in [1.165, 1.54) is 36.4 Å². The topological polar surface area (TPSA) is 79.1 Å². The molecule has 0 aliphatic heterocycles. The predicted octanol–water partition coefficient (Wildman–Crippen LogP) is 4.39. The highest BCUT2D eigenvalue weighted by molar-refractivity contribution is 8.13. The van der Waals surface area contributed by atoms with E-state index in [2.05, 4.69) is 10.2 Å². The number of azo groups is 1. The molecule has 0 aromatic heterocycles. The van der Waals surface area contributed by atoms with Gasteiger partial charge < -0.3 is 5.11 Å². The van der Waals surface area contributed by atoms with E-state index in [9.17, 15) is 13.5 Å². The molecule has 0 saturated carbocycles. The van der Waals surface area contributed by atoms with Crippen molar-refractivity contribution in [3.63, 3.8) is 0 Å². The Morgan fingerprint density at radius 1 is 0.950 bits per heavy atom. The van der Waals surface area contributed by atoms with E-state index in [-0.39, 0.29) is 15.7 Å². The number of hydrogen-bond donors (Lipinski definition) is 1. The Bertz CT molecular complexity index is 759. The average molecular weight is 331 g/mol. The molecule has 0 spiro atoms. The van der Waals surface area contributed by atoms with Crippen molar-refractivity contribution in [3.05, 3.63) is 47.5 Å². The summed E-state index contributed by atoms with van der Waals surface area (Å²) in [7, 11) is 1.45. The van der Waals surface area contributed by atoms with E-state index in [0.29, 0.717) is 11.4 Å². The van der Waals surface area contributed by atoms with E-state index < -0.39 is 9.05 Å². The van der Waals surface area contributed by atoms with Gasteiger partial charge in [0.25, 0.3) is 9.05 Å². The summed E-state index contributed by atoms with van der Waals surface area (Å²) in [6, 6.07) is 10.0. The van der Waals surface area contributed by atoms with Crippen LogP contribution in [-0.2, 0) is 9.05 Å². The van der Waals surface area contributed by atoms with Crippen LogP contribution in [-0.4, -0.2) is 13.5 Å². The molecular formula is C12H8Cl2N2O3S. The van der Waals surface area contributed by atoms with Gasteiger partial charge in [-0.2, -0.15) is 10.2 Å². The molecule has 5 nitrogen and oxygen atoms in total. The largest absolute Gasteiger partial charge is 0.506 e. The molecule has 0 amide bonds. The van der Waals surface area contributed by atoms with E-state index in [0.717, 1.165) is 0 Å². The fourth-order valence-corrected chi connectivity index (χ4v) is 2.29. The third kappa shape index (κ3) is 3.69. The summed E-state index contributed by atoms with van der Waals surface area (Å²) in [5.74, 6) is -0.0395. The van der Waals surface area contributed by atoms with E-state index in [1.54, 1.807) is 6.07 Å². The van der Waals surface area contributed by atoms with Crippen molar-refractivity contribution in [3.8, 4) is 5.75 Å². The first kappa shape index (κ1) is 14.8. The first-order chi connectivity index (χ1) is 9.36. The second-order valence-electron chi connectivity index (χ2n) is 3.77. The summed E-state index contributed by atoms with van der Waals surface area (Å²) in [4.78, 5) is -0.00852. The van der Waals surface area contributed by atoms with Crippen LogP contribution in [0.15, 0.2) is 57.6 Å². The smallest absolute Gasteiger partial charge is 0.261 e. The van der Waals surface area contributed by atoms with Crippen LogP contribution in [0.3, 0.4) is 0 Å². The zero-order chi connectivity index (χ0) is 14.8. The molecule has 104 valence electrons. The fraction of sp³-hybridized carbons (Fsp3) is 0. The van der Waals surface area contributed by atoms with Crippen LogP contribution < -0.4 is 0 Å². The van der Waals surface area contributed by atoms with Crippen molar-refractivity contribution in [2.45, 2.75) is 4.90 Å². The standard InChI is InChI=1S/C12H8Cl2N2O3S/c13-11-7-9(3-6-12(11)17)16-15-8-1-4-10(5-2-8)20(14,18)19/h1-7,17H. The van der Waals surface area contributed by atoms with Crippen LogP contribution in [0.25, 0.3) is 0 Å². The van der Waals surface area contributed by atoms with Crippen LogP contribution in [0.1, 0.15) is 0 Å². The Hall–Kier alpha value is -1.63. The number of phenolic OH excluding ortho intramolecular Hbond substituents is 1. The van der Waals surface area contributed by atoms with Gasteiger partial charge in [-0.1, -0.05) is 11.6 Å². The Morgan fingerprint density at radius 3 is 2.05 bits per heavy atom. The molecular weight excluding hydrogens is 323 g/mol. The van der Waals surface area contributed by atoms with Gasteiger partial charge in [-0.15, -0.1) is 0 Å². The molecule has 2 aromatic rings. The third-order valence-corrected chi connectivity index (χ3v) is 4.00. The SMILES string of the molecule is O=S(=O)(Cl)c1ccc(N=Nc2ccc(O)c(Cl)c2)cc1. The van der Waals surface area contributed by atoms with Crippen LogP contribution in [0.5, 0.6) is 5.75 Å². The second-order valence-corrected chi connectivity index (χ2v) is 6.74. The normalized spacial score (nSPS) is 11.9. The van der Waals surface area contributed by atoms with Crippen molar-refractivity contribution < 1.29 is 13.5 Å². The van der Waals surface area contributed by atoms with Gasteiger partial charge in [-0.05, 0) is 42.5 Å². The number of nitrogens with zero attached hydrogens (tertiary/aromatic N) is 2. The van der Waals surface area contributed by atoms with Crippen molar-refractivity contribution in [1.29, 1.82) is 0 Å². The Balaban J connectivity index is 2.21. The van der Waals surface area contributed by atoms with Crippen LogP contribution in [0, 0.1) is 0 Å². The lowest BCUT2D eigenvalue weighted by molar-refractivity contribution is 0.475. The Labute approximate surface area is 124 Å². The fourth-order valence-electron chi connectivity index (χ4n) is 1.35. The van der Waals surface area contributed by atoms with Crippen molar-refractivity contribution >= 4 is 42.7 Å². The Kier molecular flexibility index (Phi) is 4.27. The molecule has 0 bridgehead atoms. The van der Waals surface area contributed by atoms with Gasteiger partial charge in [0.15, 0.2) is 0 Å². The number of aromatic hydroxyl groups is 1. The highest BCUT2D eigenvalue weighted by Crippen LogP contribution is 2.28. The second kappa shape index (κ2) is 5.78. The Morgan fingerprint density at radius 2 is 1.50 bits per heavy atom. The average Bonchev–Trinajstić information content (AvgIpc) is 2.40. The minimum absolute atomic E-state index is 0.00852. The summed E-state index contributed by atoms with van der Waals surface area (Å²) in [5.41, 5.74) is 0.917. The molecule has 0 atom stereocenters. The van der Waals surface area contributed by atoms with E-state index in [1.807, 2.05) is 0 Å². The van der Waals surface area contributed by atoms with Crippen LogP contribution in [0.4, 0.5) is 11.4 Å². The number of hydrogen-bond acceptors (Lipinski definition) is 5. The first-order valence-corrected chi connectivity index (χ1v) is 8.00. The van der Waals surface area contributed by atoms with Gasteiger partial charge in [-0.3, -0.25) is 0 Å². The lowest BCUT2D eigenvalue weighted by Gasteiger charge is -1.98. The maximum Gasteiger partial charge on any atom is 0.261 e. The van der Waals surface area contributed by atoms with Crippen LogP contribution >= 0.6 is 22.3 Å². The zero-order valence-electron chi connectivity index (χ0n) is 9.86. The highest BCUT2D eigenvalue weighted by atomic mass is 35.7. The molecule has 1 N–H and O–H groups in total. The zero-order valence-corrected chi connectivity index (χ0v) is 12.2. The lowest BCUT2D eigenvalue weighted by Crippen LogP contribution is -1.88. The van der Waals surface area contributed by atoms with Crippen LogP contribution in [0.2, 0.25) is 5.02 Å². The van der Waals surface area contributed by atoms with E-state index >= 15 is 0 Å². The highest BCUT2D eigenvalue weighted by Gasteiger charge is 2.08. The molecule has 0 fully saturated rings. The summed E-state index contributed by atoms with van der Waals surface area (Å²) < 4.78 is 22.1. The molecule has 0 radical (unpaired) electrons. The summed E-state index contributed by atoms with van der Waals surface area (Å²) in [6.45, 7) is 0. The molecule has 0 heterocycles. The predicted molar refractivity (Wildman–Crippen MR) is 76.8 cm³/mol. The maximum absolute atomic E-state index is 11.1. The van der Waals surface area contributed by atoms with Gasteiger partial charge in [0.1, 0.15) is 5.75 Å². The quantitative estimate of drug-likeness (QED) is 0.669. The summed E-state index contributed by atoms with van der Waals surface area (Å²) >= 11 is 5.73. The van der Waals surface area contributed by atoms with Gasteiger partial charge in [0.2, 0.25) is 0 Å². The van der Waals surface area contributed by atoms with Gasteiger partial charge in [-0.25, -0.2) is 8.42 Å². The van der Waals surface area contributed by atoms with Crippen molar-refractivity contribution in [2.24, 2.45) is 10.2 Å². The number of benzene rings is 2. The molecule has 8 heteroatoms. The molecule has 0 aliphatic carbocycles. The number of phenols is 1.